The van der Waals surface area contributed by atoms with Gasteiger partial charge in [0.1, 0.15) is 4.21 Å². The Morgan fingerprint density at radius 1 is 1.41 bits per heavy atom. The Labute approximate surface area is 114 Å². The van der Waals surface area contributed by atoms with Gasteiger partial charge < -0.3 is 5.32 Å². The van der Waals surface area contributed by atoms with Crippen LogP contribution in [-0.4, -0.2) is 37.9 Å². The van der Waals surface area contributed by atoms with Crippen LogP contribution in [0.3, 0.4) is 0 Å². The van der Waals surface area contributed by atoms with Crippen molar-refractivity contribution in [1.29, 1.82) is 0 Å². The predicted octanol–water partition coefficient (Wildman–Crippen LogP) is 1.88. The molecule has 1 aliphatic rings. The number of halogens is 1. The SMILES string of the molecule is CC1CN(S(=O)(=O)c2sccc2Br)CC(C)N1. The molecule has 0 amide bonds. The van der Waals surface area contributed by atoms with Crippen LogP contribution in [0.4, 0.5) is 0 Å². The minimum absolute atomic E-state index is 0.187. The quantitative estimate of drug-likeness (QED) is 0.895. The van der Waals surface area contributed by atoms with E-state index in [1.807, 2.05) is 13.8 Å². The molecule has 0 saturated carbocycles. The number of piperazine rings is 1. The first-order valence-electron chi connectivity index (χ1n) is 5.40. The molecule has 1 N–H and O–H groups in total. The van der Waals surface area contributed by atoms with E-state index >= 15 is 0 Å². The zero-order valence-corrected chi connectivity index (χ0v) is 12.9. The molecular weight excluding hydrogens is 324 g/mol. The fraction of sp³-hybridized carbons (Fsp3) is 0.600. The van der Waals surface area contributed by atoms with E-state index in [1.54, 1.807) is 15.8 Å². The lowest BCUT2D eigenvalue weighted by atomic mass is 10.2. The van der Waals surface area contributed by atoms with E-state index in [4.69, 9.17) is 0 Å². The summed E-state index contributed by atoms with van der Waals surface area (Å²) in [6.45, 7) is 5.05. The van der Waals surface area contributed by atoms with Crippen LogP contribution in [0.1, 0.15) is 13.8 Å². The highest BCUT2D eigenvalue weighted by Crippen LogP contribution is 2.30. The summed E-state index contributed by atoms with van der Waals surface area (Å²) in [7, 11) is -3.35. The summed E-state index contributed by atoms with van der Waals surface area (Å²) in [5, 5.41) is 5.11. The molecule has 2 unspecified atom stereocenters. The first kappa shape index (κ1) is 13.5. The third kappa shape index (κ3) is 2.73. The third-order valence-electron chi connectivity index (χ3n) is 2.68. The first-order valence-corrected chi connectivity index (χ1v) is 8.51. The van der Waals surface area contributed by atoms with Crippen LogP contribution in [0.15, 0.2) is 20.1 Å². The lowest BCUT2D eigenvalue weighted by Crippen LogP contribution is -2.55. The predicted molar refractivity (Wildman–Crippen MR) is 72.8 cm³/mol. The number of hydrogen-bond donors (Lipinski definition) is 1. The standard InChI is InChI=1S/C10H15BrN2O2S2/c1-7-5-13(6-8(2)12-7)17(14,15)10-9(11)3-4-16-10/h3-4,7-8,12H,5-6H2,1-2H3. The number of nitrogens with zero attached hydrogens (tertiary/aromatic N) is 1. The van der Waals surface area contributed by atoms with Crippen LogP contribution in [0.5, 0.6) is 0 Å². The van der Waals surface area contributed by atoms with Gasteiger partial charge >= 0.3 is 0 Å². The molecule has 0 radical (unpaired) electrons. The molecule has 2 atom stereocenters. The maximum atomic E-state index is 12.4. The normalized spacial score (nSPS) is 27.2. The Morgan fingerprint density at radius 2 is 2.00 bits per heavy atom. The lowest BCUT2D eigenvalue weighted by Gasteiger charge is -2.34. The third-order valence-corrected chi connectivity index (χ3v) is 7.16. The second-order valence-electron chi connectivity index (χ2n) is 4.35. The largest absolute Gasteiger partial charge is 0.309 e. The van der Waals surface area contributed by atoms with Crippen LogP contribution in [-0.2, 0) is 10.0 Å². The summed E-state index contributed by atoms with van der Waals surface area (Å²) in [6, 6.07) is 2.15. The molecule has 0 aliphatic carbocycles. The van der Waals surface area contributed by atoms with Crippen molar-refractivity contribution in [1.82, 2.24) is 9.62 Å². The second kappa shape index (κ2) is 4.97. The minimum Gasteiger partial charge on any atom is -0.309 e. The van der Waals surface area contributed by atoms with Crippen molar-refractivity contribution < 1.29 is 8.42 Å². The molecule has 4 nitrogen and oxygen atoms in total. The molecule has 1 aromatic heterocycles. The molecule has 1 aromatic rings. The molecule has 7 heteroatoms. The highest BCUT2D eigenvalue weighted by atomic mass is 79.9. The summed E-state index contributed by atoms with van der Waals surface area (Å²) < 4.78 is 27.5. The van der Waals surface area contributed by atoms with Crippen molar-refractivity contribution in [3.63, 3.8) is 0 Å². The average Bonchev–Trinajstić information content (AvgIpc) is 2.63. The van der Waals surface area contributed by atoms with Crippen molar-refractivity contribution in [3.05, 3.63) is 15.9 Å². The smallest absolute Gasteiger partial charge is 0.253 e. The summed E-state index contributed by atoms with van der Waals surface area (Å²) in [5.74, 6) is 0. The highest BCUT2D eigenvalue weighted by Gasteiger charge is 2.33. The van der Waals surface area contributed by atoms with Gasteiger partial charge in [0.15, 0.2) is 0 Å². The van der Waals surface area contributed by atoms with E-state index in [-0.39, 0.29) is 12.1 Å². The van der Waals surface area contributed by atoms with Crippen LogP contribution in [0.25, 0.3) is 0 Å². The fourth-order valence-corrected chi connectivity index (χ4v) is 6.12. The molecule has 1 saturated heterocycles. The zero-order valence-electron chi connectivity index (χ0n) is 9.68. The topological polar surface area (TPSA) is 49.4 Å². The molecule has 0 aromatic carbocycles. The maximum absolute atomic E-state index is 12.4. The Bertz CT molecular complexity index is 490. The summed E-state index contributed by atoms with van der Waals surface area (Å²) in [4.78, 5) is 0. The van der Waals surface area contributed by atoms with Gasteiger partial charge in [0.25, 0.3) is 10.0 Å². The van der Waals surface area contributed by atoms with Gasteiger partial charge in [0.05, 0.1) is 0 Å². The van der Waals surface area contributed by atoms with E-state index in [0.29, 0.717) is 21.8 Å². The molecular formula is C10H15BrN2O2S2. The van der Waals surface area contributed by atoms with Crippen LogP contribution >= 0.6 is 27.3 Å². The average molecular weight is 339 g/mol. The Kier molecular flexibility index (Phi) is 3.94. The highest BCUT2D eigenvalue weighted by molar-refractivity contribution is 9.10. The van der Waals surface area contributed by atoms with Crippen LogP contribution < -0.4 is 5.32 Å². The summed E-state index contributed by atoms with van der Waals surface area (Å²) in [5.41, 5.74) is 0. The number of hydrogen-bond acceptors (Lipinski definition) is 4. The van der Waals surface area contributed by atoms with Gasteiger partial charge in [0.2, 0.25) is 0 Å². The molecule has 2 rings (SSSR count). The number of rotatable bonds is 2. The van der Waals surface area contributed by atoms with Crippen molar-refractivity contribution in [2.45, 2.75) is 30.1 Å². The molecule has 0 bridgehead atoms. The van der Waals surface area contributed by atoms with Gasteiger partial charge in [-0.3, -0.25) is 0 Å². The van der Waals surface area contributed by atoms with Crippen molar-refractivity contribution in [2.75, 3.05) is 13.1 Å². The maximum Gasteiger partial charge on any atom is 0.253 e. The number of sulfonamides is 1. The number of nitrogens with one attached hydrogen (secondary N) is 1. The van der Waals surface area contributed by atoms with Gasteiger partial charge in [0, 0.05) is 29.6 Å². The molecule has 17 heavy (non-hydrogen) atoms. The fourth-order valence-electron chi connectivity index (χ4n) is 2.05. The van der Waals surface area contributed by atoms with E-state index in [0.717, 1.165) is 0 Å². The minimum atomic E-state index is -3.35. The molecule has 1 aliphatic heterocycles. The Balaban J connectivity index is 2.30. The van der Waals surface area contributed by atoms with E-state index in [2.05, 4.69) is 21.2 Å². The van der Waals surface area contributed by atoms with Gasteiger partial charge in [-0.2, -0.15) is 4.31 Å². The molecule has 0 spiro atoms. The Hall–Kier alpha value is 0.0500. The van der Waals surface area contributed by atoms with E-state index in [1.165, 1.54) is 11.3 Å². The monoisotopic (exact) mass is 338 g/mol. The van der Waals surface area contributed by atoms with Crippen molar-refractivity contribution >= 4 is 37.3 Å². The lowest BCUT2D eigenvalue weighted by molar-refractivity contribution is 0.263. The Morgan fingerprint density at radius 3 is 2.47 bits per heavy atom. The van der Waals surface area contributed by atoms with Gasteiger partial charge in [-0.15, -0.1) is 11.3 Å². The van der Waals surface area contributed by atoms with Crippen molar-refractivity contribution in [3.8, 4) is 0 Å². The van der Waals surface area contributed by atoms with Crippen molar-refractivity contribution in [2.24, 2.45) is 0 Å². The van der Waals surface area contributed by atoms with Gasteiger partial charge in [-0.05, 0) is 41.2 Å². The van der Waals surface area contributed by atoms with E-state index in [9.17, 15) is 8.42 Å². The van der Waals surface area contributed by atoms with E-state index < -0.39 is 10.0 Å². The van der Waals surface area contributed by atoms with Crippen LogP contribution in [0.2, 0.25) is 0 Å². The molecule has 96 valence electrons. The van der Waals surface area contributed by atoms with Gasteiger partial charge in [-0.1, -0.05) is 0 Å². The van der Waals surface area contributed by atoms with Gasteiger partial charge in [-0.25, -0.2) is 8.42 Å². The summed E-state index contributed by atoms with van der Waals surface area (Å²) in [6.07, 6.45) is 0. The van der Waals surface area contributed by atoms with Crippen LogP contribution in [0, 0.1) is 0 Å². The molecule has 2 heterocycles. The second-order valence-corrected chi connectivity index (χ2v) is 8.25. The summed E-state index contributed by atoms with van der Waals surface area (Å²) >= 11 is 4.54. The first-order chi connectivity index (χ1) is 7.91. The molecule has 1 fully saturated rings. The number of thiophene rings is 1. The zero-order chi connectivity index (χ0) is 12.6.